The molecule has 0 spiro atoms. The number of rotatable bonds is 34. The fourth-order valence-corrected chi connectivity index (χ4v) is 4.50. The lowest BCUT2D eigenvalue weighted by atomic mass is 10.0. The summed E-state index contributed by atoms with van der Waals surface area (Å²) in [5.41, 5.74) is 0.520. The molecule has 0 bridgehead atoms. The average molecular weight is 901 g/mol. The van der Waals surface area contributed by atoms with Crippen molar-refractivity contribution in [3.05, 3.63) is 29.1 Å². The Morgan fingerprint density at radius 2 is 1.11 bits per heavy atom. The molecule has 1 aliphatic rings. The first-order valence-corrected chi connectivity index (χ1v) is 19.3. The summed E-state index contributed by atoms with van der Waals surface area (Å²) in [4.78, 5) is 15.7. The minimum Gasteiger partial charge on any atom is -0.420 e. The molecule has 0 aromatic heterocycles. The molecule has 20 nitrogen and oxygen atoms in total. The van der Waals surface area contributed by atoms with Crippen molar-refractivity contribution in [1.82, 2.24) is 5.23 Å². The number of hydrogen-bond acceptors (Lipinski definition) is 20. The number of benzene rings is 1. The molecular weight excluding hydrogens is 839 g/mol. The van der Waals surface area contributed by atoms with Crippen LogP contribution in [0.1, 0.15) is 27.1 Å². The van der Waals surface area contributed by atoms with Crippen LogP contribution in [0.2, 0.25) is 0 Å². The number of nitrogens with zero attached hydrogens (tertiary/aromatic N) is 3. The van der Waals surface area contributed by atoms with Gasteiger partial charge in [-0.1, -0.05) is 5.23 Å². The number of aliphatic hydroxyl groups is 3. The second-order valence-electron chi connectivity index (χ2n) is 12.4. The lowest BCUT2D eigenvalue weighted by molar-refractivity contribution is -0.309. The average Bonchev–Trinajstić information content (AvgIpc) is 3.24. The Bertz CT molecular complexity index is 1340. The van der Waals surface area contributed by atoms with E-state index in [9.17, 15) is 31.9 Å². The Morgan fingerprint density at radius 1 is 0.689 bits per heavy atom. The molecule has 3 unspecified atom stereocenters. The van der Waals surface area contributed by atoms with Crippen LogP contribution in [0.4, 0.5) is 22.0 Å². The van der Waals surface area contributed by atoms with Gasteiger partial charge >= 0.3 is 5.97 Å². The van der Waals surface area contributed by atoms with Crippen molar-refractivity contribution in [2.45, 2.75) is 44.0 Å². The highest BCUT2D eigenvalue weighted by Gasteiger charge is 2.29. The van der Waals surface area contributed by atoms with Gasteiger partial charge in [0.25, 0.3) is 0 Å². The molecule has 356 valence electrons. The Balaban J connectivity index is 0.00000225. The van der Waals surface area contributed by atoms with E-state index >= 15 is 0 Å². The van der Waals surface area contributed by atoms with E-state index in [1.165, 1.54) is 6.21 Å². The molecular formula is C36H61F5N4O16. The van der Waals surface area contributed by atoms with Gasteiger partial charge in [0.2, 0.25) is 34.8 Å². The van der Waals surface area contributed by atoms with E-state index in [0.29, 0.717) is 111 Å². The molecule has 7 N–H and O–H groups in total. The minimum absolute atomic E-state index is 0. The summed E-state index contributed by atoms with van der Waals surface area (Å²) < 4.78 is 118. The van der Waals surface area contributed by atoms with Crippen molar-refractivity contribution in [3.8, 4) is 5.75 Å². The molecule has 0 radical (unpaired) electrons. The van der Waals surface area contributed by atoms with Crippen molar-refractivity contribution in [1.29, 1.82) is 0 Å². The highest BCUT2D eigenvalue weighted by molar-refractivity contribution is 6.30. The predicted octanol–water partition coefficient (Wildman–Crippen LogP) is 0.792. The quantitative estimate of drug-likeness (QED) is 0.00643. The second kappa shape index (κ2) is 36.4. The smallest absolute Gasteiger partial charge is 0.313 e. The maximum Gasteiger partial charge on any atom is 0.313 e. The number of hydroxylamine groups is 2. The highest BCUT2D eigenvalue weighted by Crippen LogP contribution is 2.29. The molecule has 2 rings (SSSR count). The van der Waals surface area contributed by atoms with Crippen LogP contribution in [0.5, 0.6) is 5.75 Å². The summed E-state index contributed by atoms with van der Waals surface area (Å²) in [5.74, 6) is -8.99. The van der Waals surface area contributed by atoms with Gasteiger partial charge in [0.15, 0.2) is 0 Å². The number of carbonyl (C=O) groups is 1. The fourth-order valence-electron chi connectivity index (χ4n) is 4.50. The topological polar surface area (TPSA) is 264 Å². The van der Waals surface area contributed by atoms with Crippen molar-refractivity contribution in [2.24, 2.45) is 15.9 Å². The van der Waals surface area contributed by atoms with E-state index in [2.05, 4.69) is 14.8 Å². The first kappa shape index (κ1) is 55.9. The number of aliphatic hydroxyl groups excluding tert-OH is 3. The van der Waals surface area contributed by atoms with Crippen LogP contribution in [0.3, 0.4) is 0 Å². The summed E-state index contributed by atoms with van der Waals surface area (Å²) in [7, 11) is 0. The van der Waals surface area contributed by atoms with Crippen LogP contribution in [0.25, 0.3) is 0 Å². The Morgan fingerprint density at radius 3 is 1.52 bits per heavy atom. The summed E-state index contributed by atoms with van der Waals surface area (Å²) in [6.45, 7) is 5.69. The van der Waals surface area contributed by atoms with E-state index in [1.807, 2.05) is 0 Å². The van der Waals surface area contributed by atoms with Crippen molar-refractivity contribution >= 4 is 17.9 Å². The van der Waals surface area contributed by atoms with Gasteiger partial charge in [-0.15, -0.1) is 0 Å². The van der Waals surface area contributed by atoms with Crippen LogP contribution in [0, 0.1) is 29.1 Å². The molecule has 1 aromatic carbocycles. The third-order valence-corrected chi connectivity index (χ3v) is 7.68. The molecule has 25 heteroatoms. The number of nitrogens with two attached hydrogens (primary N) is 1. The molecule has 1 heterocycles. The van der Waals surface area contributed by atoms with Gasteiger partial charge in [-0.05, 0) is 6.42 Å². The maximum atomic E-state index is 13.5. The summed E-state index contributed by atoms with van der Waals surface area (Å²) in [5, 5.41) is 47.6. The van der Waals surface area contributed by atoms with E-state index in [4.69, 9.17) is 69.1 Å². The van der Waals surface area contributed by atoms with Gasteiger partial charge in [0.05, 0.1) is 150 Å². The molecule has 1 saturated heterocycles. The predicted molar refractivity (Wildman–Crippen MR) is 203 cm³/mol. The largest absolute Gasteiger partial charge is 0.420 e. The SMILES string of the molecule is N/N=C(\C=NCCOCCOCCOCCOCCOCCOCCOCCOCCC(=O)Oc1c(F)c(F)c(F)c(F)c1F)CCO.OC1COC(CCN(O)O)CC1O.[HH]. The summed E-state index contributed by atoms with van der Waals surface area (Å²) in [6.07, 6.45) is 0.305. The van der Waals surface area contributed by atoms with Gasteiger partial charge in [0.1, 0.15) is 6.10 Å². The number of esters is 1. The van der Waals surface area contributed by atoms with Crippen molar-refractivity contribution in [3.63, 3.8) is 0 Å². The number of ether oxygens (including phenoxy) is 10. The first-order valence-electron chi connectivity index (χ1n) is 19.3. The van der Waals surface area contributed by atoms with Crippen LogP contribution in [-0.4, -0.2) is 199 Å². The van der Waals surface area contributed by atoms with Crippen molar-refractivity contribution in [2.75, 3.05) is 132 Å². The van der Waals surface area contributed by atoms with E-state index in [1.54, 1.807) is 0 Å². The highest BCUT2D eigenvalue weighted by atomic mass is 19.2. The molecule has 1 fully saturated rings. The van der Waals surface area contributed by atoms with Crippen LogP contribution in [0.15, 0.2) is 10.1 Å². The number of hydrazone groups is 1. The lowest BCUT2D eigenvalue weighted by Crippen LogP contribution is -2.42. The first-order chi connectivity index (χ1) is 29.4. The second-order valence-corrected chi connectivity index (χ2v) is 12.4. The van der Waals surface area contributed by atoms with Crippen LogP contribution >= 0.6 is 0 Å². The molecule has 0 saturated carbocycles. The molecule has 0 amide bonds. The van der Waals surface area contributed by atoms with Gasteiger partial charge in [-0.2, -0.15) is 13.9 Å². The lowest BCUT2D eigenvalue weighted by Gasteiger charge is -2.30. The van der Waals surface area contributed by atoms with Gasteiger partial charge in [-0.25, -0.2) is 13.2 Å². The summed E-state index contributed by atoms with van der Waals surface area (Å²) in [6, 6.07) is 0. The van der Waals surface area contributed by atoms with Crippen molar-refractivity contribution < 1.29 is 101 Å². The maximum absolute atomic E-state index is 13.5. The number of hydrogen-bond donors (Lipinski definition) is 6. The fraction of sp³-hybridized carbons (Fsp3) is 0.750. The Kier molecular flexibility index (Phi) is 33.3. The zero-order chi connectivity index (χ0) is 45.1. The zero-order valence-electron chi connectivity index (χ0n) is 33.8. The van der Waals surface area contributed by atoms with E-state index in [-0.39, 0.29) is 58.9 Å². The number of aliphatic imine (C=N–C) groups is 1. The molecule has 1 aromatic rings. The molecule has 1 aliphatic heterocycles. The van der Waals surface area contributed by atoms with E-state index < -0.39 is 59.4 Å². The number of halogens is 5. The van der Waals surface area contributed by atoms with Gasteiger partial charge in [0, 0.05) is 27.1 Å². The zero-order valence-corrected chi connectivity index (χ0v) is 33.8. The molecule has 61 heavy (non-hydrogen) atoms. The summed E-state index contributed by atoms with van der Waals surface area (Å²) >= 11 is 0. The van der Waals surface area contributed by atoms with Gasteiger partial charge < -0.3 is 68.5 Å². The monoisotopic (exact) mass is 900 g/mol. The van der Waals surface area contributed by atoms with E-state index in [0.717, 1.165) is 0 Å². The van der Waals surface area contributed by atoms with Gasteiger partial charge in [-0.3, -0.25) is 20.2 Å². The minimum atomic E-state index is -2.35. The third kappa shape index (κ3) is 27.5. The normalized spacial score (nSPS) is 17.0. The Labute approximate surface area is 351 Å². The molecule has 0 aliphatic carbocycles. The third-order valence-electron chi connectivity index (χ3n) is 7.68. The van der Waals surface area contributed by atoms with Crippen LogP contribution in [-0.2, 0) is 47.4 Å². The molecule has 3 atom stereocenters. The Hall–Kier alpha value is -3.12. The number of carbonyl (C=O) groups excluding carboxylic acids is 1. The standard InChI is InChI=1S/C29H44F5N3O11.C7H15NO5.H2/c30-24-25(31)27(33)29(28(34)26(24)32)48-23(39)2-5-40-7-9-42-11-13-44-15-17-46-19-20-47-18-16-45-14-12-43-10-8-41-6-3-36-21-22(37-35)1-4-38;9-6-3-5(1-2-8(11)12)13-4-7(6)10;/h21,38H,1-20,35H2;5-7,9-12H,1-4H2;1H/b36-21?,37-22-;;. The van der Waals surface area contributed by atoms with Crippen LogP contribution < -0.4 is 10.6 Å².